The van der Waals surface area contributed by atoms with Crippen molar-refractivity contribution in [3.63, 3.8) is 0 Å². The SMILES string of the molecule is CC/C=C\C/C=C\C/C=C\C/C=C\CCCCCCC(=O)NC(COC1OC(CO)C(O)C(O)C1O)C(O)/C=C/CC/C=C/CCCCCCCCCCCCCCCCCCCCCCCC. The molecule has 0 radical (unpaired) electrons. The lowest BCUT2D eigenvalue weighted by Gasteiger charge is -2.40. The van der Waals surface area contributed by atoms with Gasteiger partial charge in [0.2, 0.25) is 5.91 Å². The summed E-state index contributed by atoms with van der Waals surface area (Å²) in [5, 5.41) is 54.4. The van der Waals surface area contributed by atoms with Gasteiger partial charge in [-0.05, 0) is 70.6 Å². The molecule has 7 unspecified atom stereocenters. The van der Waals surface area contributed by atoms with Gasteiger partial charge in [0.25, 0.3) is 0 Å². The third-order valence-corrected chi connectivity index (χ3v) is 13.0. The molecular weight excluding hydrogens is 851 g/mol. The lowest BCUT2D eigenvalue weighted by Crippen LogP contribution is -2.60. The fourth-order valence-electron chi connectivity index (χ4n) is 8.58. The standard InChI is InChI=1S/C59H105NO8/c1-3-5-7-9-11-13-15-17-19-21-22-23-24-25-26-27-28-29-30-31-33-34-36-38-40-42-44-46-48-53(62)52(51-67-59-58(66)57(65)56(64)54(50-61)68-59)60-55(63)49-47-45-43-41-39-37-35-32-20-18-16-14-12-10-8-6-4-2/h6,8,12,14,18,20,35,37-38,40,46,48,52-54,56-59,61-62,64-66H,3-5,7,9-11,13,15-17,19,21-34,36,39,41-45,47,49-51H2,1-2H3,(H,60,63)/b8-6-,14-12-,20-18-,37-35-,40-38+,48-46+. The summed E-state index contributed by atoms with van der Waals surface area (Å²) in [6.07, 6.45) is 59.8. The Morgan fingerprint density at radius 2 is 0.926 bits per heavy atom. The number of ether oxygens (including phenoxy) is 2. The molecule has 0 saturated carbocycles. The Bertz CT molecular complexity index is 1290. The van der Waals surface area contributed by atoms with Gasteiger partial charge in [0.05, 0.1) is 25.4 Å². The van der Waals surface area contributed by atoms with Gasteiger partial charge in [0, 0.05) is 6.42 Å². The minimum atomic E-state index is -1.58. The van der Waals surface area contributed by atoms with Crippen LogP contribution in [0.25, 0.3) is 0 Å². The first kappa shape index (κ1) is 63.6. The molecule has 1 rings (SSSR count). The Hall–Kier alpha value is -2.37. The van der Waals surface area contributed by atoms with Crippen LogP contribution in [-0.4, -0.2) is 87.5 Å². The van der Waals surface area contributed by atoms with E-state index >= 15 is 0 Å². The predicted molar refractivity (Wildman–Crippen MR) is 285 cm³/mol. The summed E-state index contributed by atoms with van der Waals surface area (Å²) in [5.41, 5.74) is 0. The second kappa shape index (κ2) is 48.3. The number of carbonyl (C=O) groups is 1. The minimum absolute atomic E-state index is 0.211. The zero-order valence-corrected chi connectivity index (χ0v) is 43.6. The summed E-state index contributed by atoms with van der Waals surface area (Å²) in [4.78, 5) is 13.0. The van der Waals surface area contributed by atoms with E-state index in [1.54, 1.807) is 6.08 Å². The number of aliphatic hydroxyl groups excluding tert-OH is 5. The van der Waals surface area contributed by atoms with Crippen molar-refractivity contribution in [1.82, 2.24) is 5.32 Å². The highest BCUT2D eigenvalue weighted by Gasteiger charge is 2.44. The molecular formula is C59H105NO8. The molecule has 0 aromatic carbocycles. The number of allylic oxidation sites excluding steroid dienone is 11. The van der Waals surface area contributed by atoms with Gasteiger partial charge in [0.15, 0.2) is 6.29 Å². The Morgan fingerprint density at radius 1 is 0.515 bits per heavy atom. The molecule has 1 saturated heterocycles. The normalized spacial score (nSPS) is 20.1. The summed E-state index contributed by atoms with van der Waals surface area (Å²) < 4.78 is 11.2. The van der Waals surface area contributed by atoms with E-state index in [1.807, 2.05) is 6.08 Å². The van der Waals surface area contributed by atoms with Crippen molar-refractivity contribution in [2.24, 2.45) is 0 Å². The number of nitrogens with one attached hydrogen (secondary N) is 1. The number of rotatable bonds is 47. The number of carbonyl (C=O) groups excluding carboxylic acids is 1. The summed E-state index contributed by atoms with van der Waals surface area (Å²) in [5.74, 6) is -0.211. The van der Waals surface area contributed by atoms with Gasteiger partial charge >= 0.3 is 0 Å². The molecule has 7 atom stereocenters. The molecule has 0 aromatic rings. The molecule has 68 heavy (non-hydrogen) atoms. The molecule has 1 amide bonds. The molecule has 0 bridgehead atoms. The van der Waals surface area contributed by atoms with E-state index in [0.717, 1.165) is 77.0 Å². The van der Waals surface area contributed by atoms with E-state index in [-0.39, 0.29) is 12.5 Å². The van der Waals surface area contributed by atoms with E-state index < -0.39 is 49.5 Å². The highest BCUT2D eigenvalue weighted by Crippen LogP contribution is 2.23. The number of unbranched alkanes of at least 4 members (excludes halogenated alkanes) is 27. The summed E-state index contributed by atoms with van der Waals surface area (Å²) in [6, 6.07) is -0.839. The van der Waals surface area contributed by atoms with Crippen LogP contribution in [0.15, 0.2) is 72.9 Å². The van der Waals surface area contributed by atoms with E-state index in [4.69, 9.17) is 9.47 Å². The fraction of sp³-hybridized carbons (Fsp3) is 0.780. The smallest absolute Gasteiger partial charge is 0.220 e. The molecule has 1 fully saturated rings. The second-order valence-electron chi connectivity index (χ2n) is 19.3. The van der Waals surface area contributed by atoms with Crippen molar-refractivity contribution in [1.29, 1.82) is 0 Å². The molecule has 0 spiro atoms. The lowest BCUT2D eigenvalue weighted by molar-refractivity contribution is -0.302. The molecule has 1 heterocycles. The van der Waals surface area contributed by atoms with Crippen LogP contribution >= 0.6 is 0 Å². The molecule has 9 nitrogen and oxygen atoms in total. The van der Waals surface area contributed by atoms with E-state index in [1.165, 1.54) is 141 Å². The summed E-state index contributed by atoms with van der Waals surface area (Å²) >= 11 is 0. The highest BCUT2D eigenvalue weighted by molar-refractivity contribution is 5.76. The van der Waals surface area contributed by atoms with Crippen molar-refractivity contribution in [2.45, 2.75) is 281 Å². The lowest BCUT2D eigenvalue weighted by atomic mass is 9.99. The van der Waals surface area contributed by atoms with Gasteiger partial charge in [-0.15, -0.1) is 0 Å². The van der Waals surface area contributed by atoms with Crippen molar-refractivity contribution >= 4 is 5.91 Å². The number of hydrogen-bond donors (Lipinski definition) is 6. The first-order valence-corrected chi connectivity index (χ1v) is 28.2. The average Bonchev–Trinajstić information content (AvgIpc) is 3.34. The largest absolute Gasteiger partial charge is 0.394 e. The highest BCUT2D eigenvalue weighted by atomic mass is 16.7. The average molecular weight is 956 g/mol. The zero-order valence-electron chi connectivity index (χ0n) is 43.6. The van der Waals surface area contributed by atoms with Crippen LogP contribution in [0.2, 0.25) is 0 Å². The van der Waals surface area contributed by atoms with Gasteiger partial charge in [-0.2, -0.15) is 0 Å². The maximum atomic E-state index is 13.0. The monoisotopic (exact) mass is 956 g/mol. The first-order chi connectivity index (χ1) is 33.3. The van der Waals surface area contributed by atoms with Gasteiger partial charge in [-0.25, -0.2) is 0 Å². The van der Waals surface area contributed by atoms with Crippen LogP contribution in [-0.2, 0) is 14.3 Å². The zero-order chi connectivity index (χ0) is 49.4. The van der Waals surface area contributed by atoms with E-state index in [9.17, 15) is 30.3 Å². The van der Waals surface area contributed by atoms with Crippen LogP contribution in [0, 0.1) is 0 Å². The Kier molecular flexibility index (Phi) is 45.2. The van der Waals surface area contributed by atoms with E-state index in [0.29, 0.717) is 6.42 Å². The van der Waals surface area contributed by atoms with Crippen molar-refractivity contribution < 1.29 is 39.8 Å². The van der Waals surface area contributed by atoms with Crippen LogP contribution in [0.3, 0.4) is 0 Å². The van der Waals surface area contributed by atoms with Gasteiger partial charge in [-0.1, -0.05) is 234 Å². The maximum Gasteiger partial charge on any atom is 0.220 e. The Balaban J connectivity index is 2.26. The molecule has 6 N–H and O–H groups in total. The molecule has 0 aromatic heterocycles. The predicted octanol–water partition coefficient (Wildman–Crippen LogP) is 13.7. The molecule has 1 aliphatic heterocycles. The van der Waals surface area contributed by atoms with Crippen LogP contribution in [0.1, 0.15) is 239 Å². The van der Waals surface area contributed by atoms with Gasteiger partial charge < -0.3 is 40.3 Å². The third-order valence-electron chi connectivity index (χ3n) is 13.0. The van der Waals surface area contributed by atoms with Crippen molar-refractivity contribution in [2.75, 3.05) is 13.2 Å². The maximum absolute atomic E-state index is 13.0. The molecule has 0 aliphatic carbocycles. The quantitative estimate of drug-likeness (QED) is 0.0261. The van der Waals surface area contributed by atoms with Crippen molar-refractivity contribution in [3.8, 4) is 0 Å². The summed E-state index contributed by atoms with van der Waals surface area (Å²) in [7, 11) is 0. The van der Waals surface area contributed by atoms with Gasteiger partial charge in [0.1, 0.15) is 24.4 Å². The molecule has 1 aliphatic rings. The van der Waals surface area contributed by atoms with Crippen LogP contribution in [0.5, 0.6) is 0 Å². The number of hydrogen-bond acceptors (Lipinski definition) is 8. The van der Waals surface area contributed by atoms with Crippen LogP contribution in [0.4, 0.5) is 0 Å². The first-order valence-electron chi connectivity index (χ1n) is 28.2. The fourth-order valence-corrected chi connectivity index (χ4v) is 8.58. The second-order valence-corrected chi connectivity index (χ2v) is 19.3. The van der Waals surface area contributed by atoms with Crippen LogP contribution < -0.4 is 5.32 Å². The van der Waals surface area contributed by atoms with E-state index in [2.05, 4.69) is 79.9 Å². The molecule has 9 heteroatoms. The minimum Gasteiger partial charge on any atom is -0.394 e. The topological polar surface area (TPSA) is 149 Å². The van der Waals surface area contributed by atoms with Crippen molar-refractivity contribution in [3.05, 3.63) is 72.9 Å². The Morgan fingerprint density at radius 3 is 1.41 bits per heavy atom. The number of amides is 1. The molecule has 394 valence electrons. The Labute approximate surface area is 417 Å². The van der Waals surface area contributed by atoms with Gasteiger partial charge in [-0.3, -0.25) is 4.79 Å². The third kappa shape index (κ3) is 37.5. The summed E-state index contributed by atoms with van der Waals surface area (Å²) in [6.45, 7) is 3.64. The number of aliphatic hydroxyl groups is 5.